The van der Waals surface area contributed by atoms with Gasteiger partial charge in [0.1, 0.15) is 0 Å². The molecule has 2 atom stereocenters. The molecule has 0 aromatic rings. The normalized spacial score (nSPS) is 12.6. The molecule has 0 saturated heterocycles. The van der Waals surface area contributed by atoms with E-state index in [2.05, 4.69) is 31.3 Å². The summed E-state index contributed by atoms with van der Waals surface area (Å²) in [6.45, 7) is 4.94. The molecule has 0 radical (unpaired) electrons. The number of aliphatic hydroxyl groups excluding tert-OH is 2. The Labute approximate surface area is 488 Å². The van der Waals surface area contributed by atoms with Crippen molar-refractivity contribution in [3.63, 3.8) is 0 Å². The number of allylic oxidation sites excluding steroid dienone is 3. The van der Waals surface area contributed by atoms with Gasteiger partial charge in [-0.2, -0.15) is 0 Å². The zero-order chi connectivity index (χ0) is 56.4. The Morgan fingerprint density at radius 3 is 0.910 bits per heavy atom. The minimum absolute atomic E-state index is 0.0119. The summed E-state index contributed by atoms with van der Waals surface area (Å²) in [7, 11) is 0. The van der Waals surface area contributed by atoms with Gasteiger partial charge in [-0.05, 0) is 57.8 Å². The Morgan fingerprint density at radius 2 is 0.603 bits per heavy atom. The maximum Gasteiger partial charge on any atom is 0.305 e. The molecular formula is C72H139NO5. The van der Waals surface area contributed by atoms with Crippen molar-refractivity contribution in [3.8, 4) is 0 Å². The van der Waals surface area contributed by atoms with Crippen molar-refractivity contribution in [1.29, 1.82) is 0 Å². The summed E-state index contributed by atoms with van der Waals surface area (Å²) in [5.41, 5.74) is 0. The highest BCUT2D eigenvalue weighted by atomic mass is 16.5. The summed E-state index contributed by atoms with van der Waals surface area (Å²) >= 11 is 0. The van der Waals surface area contributed by atoms with Gasteiger partial charge in [-0.15, -0.1) is 0 Å². The maximum absolute atomic E-state index is 12.5. The third-order valence-electron chi connectivity index (χ3n) is 16.7. The van der Waals surface area contributed by atoms with Gasteiger partial charge < -0.3 is 20.3 Å². The van der Waals surface area contributed by atoms with Crippen molar-refractivity contribution in [3.05, 3.63) is 24.3 Å². The van der Waals surface area contributed by atoms with Gasteiger partial charge in [-0.25, -0.2) is 0 Å². The van der Waals surface area contributed by atoms with Crippen LogP contribution in [0.3, 0.4) is 0 Å². The molecule has 6 nitrogen and oxygen atoms in total. The van der Waals surface area contributed by atoms with Gasteiger partial charge in [0.25, 0.3) is 0 Å². The summed E-state index contributed by atoms with van der Waals surface area (Å²) in [4.78, 5) is 24.6. The van der Waals surface area contributed by atoms with Gasteiger partial charge in [0.05, 0.1) is 25.4 Å². The molecule has 462 valence electrons. The van der Waals surface area contributed by atoms with Crippen LogP contribution >= 0.6 is 0 Å². The van der Waals surface area contributed by atoms with Crippen LogP contribution < -0.4 is 5.32 Å². The summed E-state index contributed by atoms with van der Waals surface area (Å²) in [5, 5.41) is 23.2. The van der Waals surface area contributed by atoms with Gasteiger partial charge >= 0.3 is 5.97 Å². The molecule has 2 unspecified atom stereocenters. The first kappa shape index (κ1) is 76.3. The minimum atomic E-state index is -0.845. The van der Waals surface area contributed by atoms with Crippen LogP contribution in [0, 0.1) is 0 Å². The van der Waals surface area contributed by atoms with Gasteiger partial charge in [0, 0.05) is 12.8 Å². The number of carbonyl (C=O) groups is 2. The number of ether oxygens (including phenoxy) is 1. The van der Waals surface area contributed by atoms with Crippen LogP contribution in [-0.2, 0) is 14.3 Å². The number of hydrogen-bond acceptors (Lipinski definition) is 5. The highest BCUT2D eigenvalue weighted by molar-refractivity contribution is 5.76. The Bertz CT molecular complexity index is 1220. The van der Waals surface area contributed by atoms with Crippen molar-refractivity contribution >= 4 is 11.9 Å². The van der Waals surface area contributed by atoms with Crippen molar-refractivity contribution in [2.24, 2.45) is 0 Å². The van der Waals surface area contributed by atoms with E-state index in [9.17, 15) is 19.8 Å². The molecule has 1 amide bonds. The maximum atomic E-state index is 12.5. The number of hydrogen-bond donors (Lipinski definition) is 3. The highest BCUT2D eigenvalue weighted by Crippen LogP contribution is 2.19. The van der Waals surface area contributed by atoms with Crippen LogP contribution in [-0.4, -0.2) is 47.4 Å². The Balaban J connectivity index is 3.39. The second-order valence-electron chi connectivity index (χ2n) is 24.6. The predicted octanol–water partition coefficient (Wildman–Crippen LogP) is 22.9. The average molecular weight is 1100 g/mol. The Morgan fingerprint density at radius 1 is 0.346 bits per heavy atom. The van der Waals surface area contributed by atoms with E-state index in [0.29, 0.717) is 19.4 Å². The first-order chi connectivity index (χ1) is 38.5. The van der Waals surface area contributed by atoms with E-state index < -0.39 is 12.1 Å². The van der Waals surface area contributed by atoms with Crippen molar-refractivity contribution in [2.75, 3.05) is 13.2 Å². The summed E-state index contributed by atoms with van der Waals surface area (Å²) < 4.78 is 5.50. The quantitative estimate of drug-likeness (QED) is 0.0320. The van der Waals surface area contributed by atoms with Gasteiger partial charge in [-0.1, -0.05) is 353 Å². The zero-order valence-corrected chi connectivity index (χ0v) is 52.9. The van der Waals surface area contributed by atoms with E-state index in [4.69, 9.17) is 4.74 Å². The van der Waals surface area contributed by atoms with E-state index in [1.165, 1.54) is 327 Å². The molecule has 0 aliphatic carbocycles. The van der Waals surface area contributed by atoms with Crippen molar-refractivity contribution in [1.82, 2.24) is 5.32 Å². The molecule has 0 aromatic heterocycles. The average Bonchev–Trinajstić information content (AvgIpc) is 3.44. The number of carbonyl (C=O) groups excluding carboxylic acids is 2. The number of amides is 1. The SMILES string of the molecule is CCCCCCCCC/C=C\CCCCCCCCCC(=O)OCCCCCCCCCCCCCCCCCCCCCCCCCC(=O)NC(CO)C(O)/C=C/CCCCCCCCCCCCCCCCCCCC. The van der Waals surface area contributed by atoms with Crippen molar-refractivity contribution < 1.29 is 24.5 Å². The second kappa shape index (κ2) is 67.8. The minimum Gasteiger partial charge on any atom is -0.466 e. The number of unbranched alkanes of at least 4 members (excludes halogenated alkanes) is 54. The lowest BCUT2D eigenvalue weighted by atomic mass is 10.0. The number of rotatable bonds is 67. The molecular weight excluding hydrogens is 959 g/mol. The lowest BCUT2D eigenvalue weighted by molar-refractivity contribution is -0.143. The second-order valence-corrected chi connectivity index (χ2v) is 24.6. The van der Waals surface area contributed by atoms with Crippen LogP contribution in [0.2, 0.25) is 0 Å². The first-order valence-corrected chi connectivity index (χ1v) is 35.6. The largest absolute Gasteiger partial charge is 0.466 e. The monoisotopic (exact) mass is 1100 g/mol. The smallest absolute Gasteiger partial charge is 0.305 e. The van der Waals surface area contributed by atoms with Crippen LogP contribution in [0.15, 0.2) is 24.3 Å². The number of aliphatic hydroxyl groups is 2. The summed E-state index contributed by atoms with van der Waals surface area (Å²) in [6, 6.07) is -0.628. The number of nitrogens with one attached hydrogen (secondary N) is 1. The van der Waals surface area contributed by atoms with E-state index in [-0.39, 0.29) is 18.5 Å². The standard InChI is InChI=1S/C72H139NO5/c1-3-5-7-9-11-13-15-17-19-21-23-29-32-36-40-44-48-52-56-60-64-70(75)69(68-74)73-71(76)65-61-57-53-49-45-41-37-33-30-27-25-24-26-28-31-35-39-43-47-51-55-59-63-67-78-72(77)66-62-58-54-50-46-42-38-34-22-20-18-16-14-12-10-8-6-4-2/h20,22,60,64,69-70,74-75H,3-19,21,23-59,61-63,65-68H2,1-2H3,(H,73,76)/b22-20-,64-60+. The molecule has 0 aliphatic rings. The first-order valence-electron chi connectivity index (χ1n) is 35.6. The fourth-order valence-electron chi connectivity index (χ4n) is 11.3. The molecule has 78 heavy (non-hydrogen) atoms. The summed E-state index contributed by atoms with van der Waals surface area (Å²) in [5.74, 6) is -0.0516. The third-order valence-corrected chi connectivity index (χ3v) is 16.7. The molecule has 6 heteroatoms. The molecule has 0 fully saturated rings. The lowest BCUT2D eigenvalue weighted by Gasteiger charge is -2.20. The number of esters is 1. The zero-order valence-electron chi connectivity index (χ0n) is 52.9. The molecule has 0 rings (SSSR count). The fraction of sp³-hybridized carbons (Fsp3) is 0.917. The Kier molecular flexibility index (Phi) is 66.4. The Hall–Kier alpha value is -1.66. The molecule has 3 N–H and O–H groups in total. The summed E-state index contributed by atoms with van der Waals surface area (Å²) in [6.07, 6.45) is 85.4. The van der Waals surface area contributed by atoms with Gasteiger partial charge in [-0.3, -0.25) is 9.59 Å². The van der Waals surface area contributed by atoms with E-state index in [1.54, 1.807) is 6.08 Å². The topological polar surface area (TPSA) is 95.9 Å². The molecule has 0 aliphatic heterocycles. The molecule has 0 aromatic carbocycles. The van der Waals surface area contributed by atoms with E-state index in [0.717, 1.165) is 44.9 Å². The van der Waals surface area contributed by atoms with Gasteiger partial charge in [0.2, 0.25) is 5.91 Å². The molecule has 0 spiro atoms. The molecule has 0 bridgehead atoms. The van der Waals surface area contributed by atoms with E-state index >= 15 is 0 Å². The molecule has 0 heterocycles. The van der Waals surface area contributed by atoms with Crippen LogP contribution in [0.5, 0.6) is 0 Å². The molecule has 0 saturated carbocycles. The fourth-order valence-corrected chi connectivity index (χ4v) is 11.3. The lowest BCUT2D eigenvalue weighted by Crippen LogP contribution is -2.45. The van der Waals surface area contributed by atoms with Crippen LogP contribution in [0.25, 0.3) is 0 Å². The van der Waals surface area contributed by atoms with Crippen LogP contribution in [0.4, 0.5) is 0 Å². The highest BCUT2D eigenvalue weighted by Gasteiger charge is 2.18. The third kappa shape index (κ3) is 63.5. The van der Waals surface area contributed by atoms with Crippen molar-refractivity contribution in [2.45, 2.75) is 411 Å². The van der Waals surface area contributed by atoms with Gasteiger partial charge in [0.15, 0.2) is 0 Å². The van der Waals surface area contributed by atoms with E-state index in [1.807, 2.05) is 6.08 Å². The predicted molar refractivity (Wildman–Crippen MR) is 343 cm³/mol. The van der Waals surface area contributed by atoms with Crippen LogP contribution in [0.1, 0.15) is 399 Å².